The minimum atomic E-state index is -0.600. The molecule has 0 fully saturated rings. The molecule has 0 radical (unpaired) electrons. The zero-order chi connectivity index (χ0) is 24.0. The summed E-state index contributed by atoms with van der Waals surface area (Å²) in [5, 5.41) is 14.4. The van der Waals surface area contributed by atoms with Crippen molar-refractivity contribution in [2.75, 3.05) is 38.0 Å². The smallest absolute Gasteiger partial charge is 0.399 e. The van der Waals surface area contributed by atoms with Gasteiger partial charge in [-0.25, -0.2) is 0 Å². The number of ether oxygens (including phenoxy) is 3. The molecule has 11 heteroatoms. The van der Waals surface area contributed by atoms with E-state index in [-0.39, 0.29) is 48.3 Å². The SMILES string of the molecule is COc1nc(NCCO)nc(OC)c1NC(=O)c1coc(Oc2cc(C(C)C)ccc2C)n1. The van der Waals surface area contributed by atoms with Crippen molar-refractivity contribution in [1.82, 2.24) is 15.0 Å². The lowest BCUT2D eigenvalue weighted by molar-refractivity contribution is 0.102. The van der Waals surface area contributed by atoms with Gasteiger partial charge in [0.2, 0.25) is 17.7 Å². The molecule has 0 aliphatic rings. The summed E-state index contributed by atoms with van der Waals surface area (Å²) < 4.78 is 21.6. The van der Waals surface area contributed by atoms with Gasteiger partial charge in [0.1, 0.15) is 12.0 Å². The minimum Gasteiger partial charge on any atom is -0.479 e. The molecule has 0 bridgehead atoms. The Labute approximate surface area is 191 Å². The third-order valence-electron chi connectivity index (χ3n) is 4.65. The van der Waals surface area contributed by atoms with E-state index >= 15 is 0 Å². The summed E-state index contributed by atoms with van der Waals surface area (Å²) in [5.41, 5.74) is 2.11. The molecule has 176 valence electrons. The molecule has 11 nitrogen and oxygen atoms in total. The van der Waals surface area contributed by atoms with Crippen molar-refractivity contribution >= 4 is 17.5 Å². The number of amides is 1. The molecule has 0 aliphatic carbocycles. The van der Waals surface area contributed by atoms with Gasteiger partial charge in [0.05, 0.1) is 20.8 Å². The largest absolute Gasteiger partial charge is 0.479 e. The Hall–Kier alpha value is -3.86. The van der Waals surface area contributed by atoms with E-state index in [2.05, 4.69) is 39.4 Å². The number of anilines is 2. The second-order valence-corrected chi connectivity index (χ2v) is 7.33. The molecule has 33 heavy (non-hydrogen) atoms. The molecule has 0 saturated carbocycles. The Kier molecular flexibility index (Phi) is 7.67. The first-order chi connectivity index (χ1) is 15.9. The average Bonchev–Trinajstić information content (AvgIpc) is 3.28. The lowest BCUT2D eigenvalue weighted by Crippen LogP contribution is -2.16. The fourth-order valence-corrected chi connectivity index (χ4v) is 2.84. The first-order valence-corrected chi connectivity index (χ1v) is 10.3. The number of nitrogens with one attached hydrogen (secondary N) is 2. The van der Waals surface area contributed by atoms with E-state index in [1.54, 1.807) is 0 Å². The van der Waals surface area contributed by atoms with Gasteiger partial charge < -0.3 is 34.4 Å². The Balaban J connectivity index is 1.79. The van der Waals surface area contributed by atoms with Crippen LogP contribution in [0.3, 0.4) is 0 Å². The molecular weight excluding hydrogens is 430 g/mol. The number of oxazole rings is 1. The second-order valence-electron chi connectivity index (χ2n) is 7.33. The predicted molar refractivity (Wildman–Crippen MR) is 121 cm³/mol. The van der Waals surface area contributed by atoms with Crippen molar-refractivity contribution in [3.05, 3.63) is 41.3 Å². The molecule has 0 spiro atoms. The van der Waals surface area contributed by atoms with Crippen molar-refractivity contribution in [2.45, 2.75) is 26.7 Å². The van der Waals surface area contributed by atoms with Crippen LogP contribution in [0.4, 0.5) is 11.6 Å². The number of aliphatic hydroxyl groups is 1. The fourth-order valence-electron chi connectivity index (χ4n) is 2.84. The van der Waals surface area contributed by atoms with Crippen LogP contribution < -0.4 is 24.8 Å². The van der Waals surface area contributed by atoms with E-state index in [0.717, 1.165) is 11.1 Å². The highest BCUT2D eigenvalue weighted by molar-refractivity contribution is 6.04. The summed E-state index contributed by atoms with van der Waals surface area (Å²) in [6.45, 7) is 6.21. The molecule has 2 aromatic heterocycles. The quantitative estimate of drug-likeness (QED) is 0.415. The first kappa shape index (κ1) is 23.8. The maximum atomic E-state index is 12.8. The van der Waals surface area contributed by atoms with E-state index < -0.39 is 5.91 Å². The monoisotopic (exact) mass is 457 g/mol. The predicted octanol–water partition coefficient (Wildman–Crippen LogP) is 3.36. The van der Waals surface area contributed by atoms with Crippen molar-refractivity contribution in [3.8, 4) is 23.6 Å². The van der Waals surface area contributed by atoms with Gasteiger partial charge in [-0.15, -0.1) is 0 Å². The molecule has 3 aromatic rings. The van der Waals surface area contributed by atoms with Crippen LogP contribution >= 0.6 is 0 Å². The molecule has 1 aromatic carbocycles. The Bertz CT molecular complexity index is 1090. The third kappa shape index (κ3) is 5.69. The number of nitrogens with zero attached hydrogens (tertiary/aromatic N) is 3. The summed E-state index contributed by atoms with van der Waals surface area (Å²) >= 11 is 0. The Morgan fingerprint density at radius 3 is 2.45 bits per heavy atom. The number of aromatic nitrogens is 3. The van der Waals surface area contributed by atoms with Gasteiger partial charge in [-0.05, 0) is 30.0 Å². The normalized spacial score (nSPS) is 10.8. The van der Waals surface area contributed by atoms with Crippen molar-refractivity contribution < 1.29 is 28.5 Å². The number of aliphatic hydroxyl groups excluding tert-OH is 1. The number of benzene rings is 1. The second kappa shape index (κ2) is 10.6. The summed E-state index contributed by atoms with van der Waals surface area (Å²) in [6, 6.07) is 5.91. The highest BCUT2D eigenvalue weighted by Crippen LogP contribution is 2.33. The van der Waals surface area contributed by atoms with E-state index in [1.807, 2.05) is 25.1 Å². The van der Waals surface area contributed by atoms with E-state index in [1.165, 1.54) is 20.5 Å². The van der Waals surface area contributed by atoms with Crippen LogP contribution in [0.5, 0.6) is 23.6 Å². The van der Waals surface area contributed by atoms with Crippen LogP contribution in [0.1, 0.15) is 41.4 Å². The van der Waals surface area contributed by atoms with Crippen LogP contribution in [-0.2, 0) is 0 Å². The molecule has 0 aliphatic heterocycles. The maximum Gasteiger partial charge on any atom is 0.399 e. The molecule has 0 unspecified atom stereocenters. The fraction of sp³-hybridized carbons (Fsp3) is 0.364. The number of carbonyl (C=O) groups is 1. The van der Waals surface area contributed by atoms with Gasteiger partial charge in [-0.1, -0.05) is 26.0 Å². The minimum absolute atomic E-state index is 0.0192. The molecule has 3 N–H and O–H groups in total. The number of aryl methyl sites for hydroxylation is 1. The average molecular weight is 457 g/mol. The number of hydrogen-bond acceptors (Lipinski definition) is 10. The molecule has 1 amide bonds. The van der Waals surface area contributed by atoms with Gasteiger partial charge in [0.25, 0.3) is 5.91 Å². The lowest BCUT2D eigenvalue weighted by Gasteiger charge is -2.13. The molecule has 0 atom stereocenters. The lowest BCUT2D eigenvalue weighted by atomic mass is 10.0. The molecule has 3 rings (SSSR count). The summed E-state index contributed by atoms with van der Waals surface area (Å²) in [7, 11) is 2.78. The standard InChI is InChI=1S/C22H27N5O6/c1-12(2)14-7-6-13(3)16(10-14)33-22-24-15(11-32-22)18(29)25-17-19(30-4)26-21(23-8-9-28)27-20(17)31-5/h6-7,10-12,28H,8-9H2,1-5H3,(H,25,29)(H,23,26,27). The summed E-state index contributed by atoms with van der Waals surface area (Å²) in [6.07, 6.45) is 1.12. The van der Waals surface area contributed by atoms with Crippen LogP contribution in [0.25, 0.3) is 0 Å². The Morgan fingerprint density at radius 2 is 1.85 bits per heavy atom. The zero-order valence-corrected chi connectivity index (χ0v) is 19.1. The first-order valence-electron chi connectivity index (χ1n) is 10.3. The van der Waals surface area contributed by atoms with Crippen LogP contribution in [0.15, 0.2) is 28.9 Å². The highest BCUT2D eigenvalue weighted by atomic mass is 16.6. The van der Waals surface area contributed by atoms with Crippen LogP contribution in [-0.4, -0.2) is 53.3 Å². The topological polar surface area (TPSA) is 141 Å². The number of rotatable bonds is 10. The van der Waals surface area contributed by atoms with Gasteiger partial charge >= 0.3 is 6.08 Å². The third-order valence-corrected chi connectivity index (χ3v) is 4.65. The van der Waals surface area contributed by atoms with E-state index in [0.29, 0.717) is 11.7 Å². The summed E-state index contributed by atoms with van der Waals surface area (Å²) in [4.78, 5) is 25.2. The van der Waals surface area contributed by atoms with Crippen LogP contribution in [0, 0.1) is 6.92 Å². The number of methoxy groups -OCH3 is 2. The summed E-state index contributed by atoms with van der Waals surface area (Å²) in [5.74, 6) is 0.631. The van der Waals surface area contributed by atoms with Crippen LogP contribution in [0.2, 0.25) is 0 Å². The van der Waals surface area contributed by atoms with Crippen molar-refractivity contribution in [2.24, 2.45) is 0 Å². The molecular formula is C22H27N5O6. The number of carbonyl (C=O) groups excluding carboxylic acids is 1. The molecule has 0 saturated heterocycles. The Morgan fingerprint density at radius 1 is 1.15 bits per heavy atom. The van der Waals surface area contributed by atoms with E-state index in [9.17, 15) is 4.79 Å². The highest BCUT2D eigenvalue weighted by Gasteiger charge is 2.22. The maximum absolute atomic E-state index is 12.8. The van der Waals surface area contributed by atoms with Gasteiger partial charge in [-0.3, -0.25) is 4.79 Å². The van der Waals surface area contributed by atoms with Gasteiger partial charge in [-0.2, -0.15) is 15.0 Å². The van der Waals surface area contributed by atoms with Crippen molar-refractivity contribution in [1.29, 1.82) is 0 Å². The van der Waals surface area contributed by atoms with Gasteiger partial charge in [0, 0.05) is 6.54 Å². The van der Waals surface area contributed by atoms with Crippen molar-refractivity contribution in [3.63, 3.8) is 0 Å². The van der Waals surface area contributed by atoms with E-state index in [4.69, 9.17) is 23.7 Å². The zero-order valence-electron chi connectivity index (χ0n) is 19.1. The number of hydrogen-bond donors (Lipinski definition) is 3. The molecule has 2 heterocycles. The van der Waals surface area contributed by atoms with Gasteiger partial charge in [0.15, 0.2) is 11.4 Å².